The van der Waals surface area contributed by atoms with E-state index in [-0.39, 0.29) is 23.9 Å². The largest absolute Gasteiger partial charge is 0.373 e. The summed E-state index contributed by atoms with van der Waals surface area (Å²) in [5.74, 6) is 1.05. The first-order valence-corrected chi connectivity index (χ1v) is 10.7. The number of nitrogens with zero attached hydrogens (tertiary/aromatic N) is 3. The molecule has 1 fully saturated rings. The quantitative estimate of drug-likeness (QED) is 0.557. The van der Waals surface area contributed by atoms with E-state index in [1.54, 1.807) is 6.33 Å². The SMILES string of the molecule is CC(C)C(Nc1cccc(Cl)c1)C(=O)NC1CCCN(c2ncnc3[nH]ccc23)C1. The Morgan fingerprint density at radius 1 is 1.30 bits per heavy atom. The number of hydrogen-bond donors (Lipinski definition) is 3. The number of carbonyl (C=O) groups excluding carboxylic acids is 1. The average Bonchev–Trinajstić information content (AvgIpc) is 3.21. The third kappa shape index (κ3) is 4.51. The van der Waals surface area contributed by atoms with Crippen LogP contribution in [0.3, 0.4) is 0 Å². The van der Waals surface area contributed by atoms with Gasteiger partial charge in [-0.3, -0.25) is 4.79 Å². The van der Waals surface area contributed by atoms with Gasteiger partial charge >= 0.3 is 0 Å². The van der Waals surface area contributed by atoms with Crippen LogP contribution in [0.1, 0.15) is 26.7 Å². The maximum Gasteiger partial charge on any atom is 0.243 e. The van der Waals surface area contributed by atoms with Crippen LogP contribution < -0.4 is 15.5 Å². The van der Waals surface area contributed by atoms with E-state index >= 15 is 0 Å². The number of hydrogen-bond acceptors (Lipinski definition) is 5. The van der Waals surface area contributed by atoms with Crippen molar-refractivity contribution in [2.24, 2.45) is 5.92 Å². The number of aromatic amines is 1. The topological polar surface area (TPSA) is 85.9 Å². The lowest BCUT2D eigenvalue weighted by Crippen LogP contribution is -2.52. The number of rotatable bonds is 6. The van der Waals surface area contributed by atoms with Crippen LogP contribution in [0.25, 0.3) is 11.0 Å². The highest BCUT2D eigenvalue weighted by molar-refractivity contribution is 6.30. The zero-order valence-corrected chi connectivity index (χ0v) is 18.0. The number of piperidine rings is 1. The molecule has 4 rings (SSSR count). The Balaban J connectivity index is 1.44. The number of fused-ring (bicyclic) bond motifs is 1. The van der Waals surface area contributed by atoms with Crippen molar-refractivity contribution in [3.05, 3.63) is 47.9 Å². The second kappa shape index (κ2) is 8.92. The molecule has 0 aliphatic carbocycles. The van der Waals surface area contributed by atoms with Gasteiger partial charge in [0.2, 0.25) is 5.91 Å². The molecule has 30 heavy (non-hydrogen) atoms. The summed E-state index contributed by atoms with van der Waals surface area (Å²) in [4.78, 5) is 27.2. The molecule has 3 heterocycles. The Morgan fingerprint density at radius 3 is 2.97 bits per heavy atom. The molecular formula is C22H27ClN6O. The summed E-state index contributed by atoms with van der Waals surface area (Å²) >= 11 is 6.09. The predicted octanol–water partition coefficient (Wildman–Crippen LogP) is 3.83. The van der Waals surface area contributed by atoms with Gasteiger partial charge in [-0.1, -0.05) is 31.5 Å². The van der Waals surface area contributed by atoms with Crippen LogP contribution in [0.4, 0.5) is 11.5 Å². The summed E-state index contributed by atoms with van der Waals surface area (Å²) in [5, 5.41) is 8.24. The first-order chi connectivity index (χ1) is 14.5. The summed E-state index contributed by atoms with van der Waals surface area (Å²) < 4.78 is 0. The molecule has 1 saturated heterocycles. The van der Waals surface area contributed by atoms with Gasteiger partial charge in [0, 0.05) is 36.0 Å². The number of carbonyl (C=O) groups is 1. The van der Waals surface area contributed by atoms with Gasteiger partial charge in [0.25, 0.3) is 0 Å². The fourth-order valence-corrected chi connectivity index (χ4v) is 4.17. The van der Waals surface area contributed by atoms with E-state index in [1.807, 2.05) is 50.4 Å². The predicted molar refractivity (Wildman–Crippen MR) is 121 cm³/mol. The van der Waals surface area contributed by atoms with Crippen molar-refractivity contribution in [3.63, 3.8) is 0 Å². The van der Waals surface area contributed by atoms with Gasteiger partial charge in [-0.15, -0.1) is 0 Å². The van der Waals surface area contributed by atoms with Gasteiger partial charge in [-0.2, -0.15) is 0 Å². The fourth-order valence-electron chi connectivity index (χ4n) is 3.98. The van der Waals surface area contributed by atoms with Crippen LogP contribution in [0, 0.1) is 5.92 Å². The van der Waals surface area contributed by atoms with E-state index in [0.29, 0.717) is 5.02 Å². The van der Waals surface area contributed by atoms with Crippen LogP contribution in [0.5, 0.6) is 0 Å². The van der Waals surface area contributed by atoms with Crippen molar-refractivity contribution < 1.29 is 4.79 Å². The van der Waals surface area contributed by atoms with E-state index in [0.717, 1.165) is 48.5 Å². The Kier molecular flexibility index (Phi) is 6.08. The van der Waals surface area contributed by atoms with Gasteiger partial charge in [0.05, 0.1) is 5.39 Å². The minimum atomic E-state index is -0.339. The Labute approximate surface area is 181 Å². The second-order valence-electron chi connectivity index (χ2n) is 8.11. The van der Waals surface area contributed by atoms with Crippen molar-refractivity contribution in [1.82, 2.24) is 20.3 Å². The van der Waals surface area contributed by atoms with E-state index in [9.17, 15) is 4.79 Å². The summed E-state index contributed by atoms with van der Waals surface area (Å²) in [6.45, 7) is 5.72. The van der Waals surface area contributed by atoms with Gasteiger partial charge in [0.1, 0.15) is 23.8 Å². The van der Waals surface area contributed by atoms with Crippen LogP contribution >= 0.6 is 11.6 Å². The van der Waals surface area contributed by atoms with Crippen LogP contribution in [0.15, 0.2) is 42.9 Å². The standard InChI is InChI=1S/C22H27ClN6O/c1-14(2)19(27-16-6-3-5-15(23)11-16)22(30)28-17-7-4-10-29(12-17)21-18-8-9-24-20(18)25-13-26-21/h3,5-6,8-9,11,13-14,17,19,27H,4,7,10,12H2,1-2H3,(H,28,30)(H,24,25,26). The molecule has 0 saturated carbocycles. The number of anilines is 2. The maximum absolute atomic E-state index is 13.1. The summed E-state index contributed by atoms with van der Waals surface area (Å²) in [5.41, 5.74) is 1.68. The normalized spacial score (nSPS) is 17.9. The number of aromatic nitrogens is 3. The van der Waals surface area contributed by atoms with Crippen molar-refractivity contribution in [2.45, 2.75) is 38.8 Å². The monoisotopic (exact) mass is 426 g/mol. The highest BCUT2D eigenvalue weighted by Crippen LogP contribution is 2.25. The van der Waals surface area contributed by atoms with E-state index in [2.05, 4.69) is 30.5 Å². The third-order valence-corrected chi connectivity index (χ3v) is 5.73. The molecule has 2 unspecified atom stereocenters. The second-order valence-corrected chi connectivity index (χ2v) is 8.54. The van der Waals surface area contributed by atoms with Gasteiger partial charge < -0.3 is 20.5 Å². The van der Waals surface area contributed by atoms with Crippen LogP contribution in [-0.2, 0) is 4.79 Å². The molecule has 1 amide bonds. The molecule has 1 aliphatic heterocycles. The van der Waals surface area contributed by atoms with Gasteiger partial charge in [0.15, 0.2) is 0 Å². The summed E-state index contributed by atoms with van der Waals surface area (Å²) in [6.07, 6.45) is 5.40. The molecule has 3 aromatic rings. The lowest BCUT2D eigenvalue weighted by Gasteiger charge is -2.35. The van der Waals surface area contributed by atoms with E-state index in [1.165, 1.54) is 0 Å². The third-order valence-electron chi connectivity index (χ3n) is 5.50. The molecule has 2 aromatic heterocycles. The van der Waals surface area contributed by atoms with Crippen molar-refractivity contribution >= 4 is 40.0 Å². The molecule has 1 aromatic carbocycles. The fraction of sp³-hybridized carbons (Fsp3) is 0.409. The molecule has 0 radical (unpaired) electrons. The van der Waals surface area contributed by atoms with Crippen molar-refractivity contribution in [1.29, 1.82) is 0 Å². The van der Waals surface area contributed by atoms with Crippen LogP contribution in [0.2, 0.25) is 5.02 Å². The maximum atomic E-state index is 13.1. The number of halogens is 1. The molecule has 0 spiro atoms. The minimum Gasteiger partial charge on any atom is -0.373 e. The minimum absolute atomic E-state index is 0.00584. The van der Waals surface area contributed by atoms with E-state index < -0.39 is 0 Å². The summed E-state index contributed by atoms with van der Waals surface area (Å²) in [6, 6.07) is 9.19. The van der Waals surface area contributed by atoms with Crippen molar-refractivity contribution in [3.8, 4) is 0 Å². The van der Waals surface area contributed by atoms with Gasteiger partial charge in [-0.05, 0) is 43.0 Å². The molecule has 158 valence electrons. The Hall–Kier alpha value is -2.80. The average molecular weight is 427 g/mol. The number of benzene rings is 1. The first-order valence-electron chi connectivity index (χ1n) is 10.4. The Morgan fingerprint density at radius 2 is 2.17 bits per heavy atom. The van der Waals surface area contributed by atoms with Gasteiger partial charge in [-0.25, -0.2) is 9.97 Å². The number of nitrogens with one attached hydrogen (secondary N) is 3. The highest BCUT2D eigenvalue weighted by atomic mass is 35.5. The zero-order chi connectivity index (χ0) is 21.1. The molecule has 8 heteroatoms. The highest BCUT2D eigenvalue weighted by Gasteiger charge is 2.28. The first kappa shape index (κ1) is 20.5. The molecular weight excluding hydrogens is 400 g/mol. The number of H-pyrrole nitrogens is 1. The molecule has 1 aliphatic rings. The molecule has 7 nitrogen and oxygen atoms in total. The molecule has 0 bridgehead atoms. The Bertz CT molecular complexity index is 1020. The number of amides is 1. The molecule has 2 atom stereocenters. The lowest BCUT2D eigenvalue weighted by molar-refractivity contribution is -0.123. The molecule has 3 N–H and O–H groups in total. The lowest BCUT2D eigenvalue weighted by atomic mass is 10.0. The van der Waals surface area contributed by atoms with Crippen LogP contribution in [-0.4, -0.2) is 46.0 Å². The summed E-state index contributed by atoms with van der Waals surface area (Å²) in [7, 11) is 0. The van der Waals surface area contributed by atoms with E-state index in [4.69, 9.17) is 11.6 Å². The smallest absolute Gasteiger partial charge is 0.243 e. The zero-order valence-electron chi connectivity index (χ0n) is 17.2. The van der Waals surface area contributed by atoms with Crippen molar-refractivity contribution in [2.75, 3.05) is 23.3 Å².